The van der Waals surface area contributed by atoms with Crippen LogP contribution < -0.4 is 0 Å². The van der Waals surface area contributed by atoms with Crippen LogP contribution in [0, 0.1) is 5.41 Å². The van der Waals surface area contributed by atoms with Gasteiger partial charge in [-0.05, 0) is 25.7 Å². The highest BCUT2D eigenvalue weighted by Gasteiger charge is 2.30. The SMILES string of the molecule is CCCC(C)(CC(=O)OCC)CC(=O)OCC. The summed E-state index contributed by atoms with van der Waals surface area (Å²) in [4.78, 5) is 23.0. The number of carbonyl (C=O) groups excluding carboxylic acids is 2. The number of hydrogen-bond donors (Lipinski definition) is 0. The van der Waals surface area contributed by atoms with Crippen LogP contribution in [-0.2, 0) is 19.1 Å². The molecule has 4 heteroatoms. The Bertz CT molecular complexity index is 228. The Kier molecular flexibility index (Phi) is 7.59. The Labute approximate surface area is 104 Å². The van der Waals surface area contributed by atoms with Crippen molar-refractivity contribution in [3.63, 3.8) is 0 Å². The molecule has 0 atom stereocenters. The summed E-state index contributed by atoms with van der Waals surface area (Å²) < 4.78 is 9.87. The molecular formula is C13H24O4. The zero-order valence-electron chi connectivity index (χ0n) is 11.4. The quantitative estimate of drug-likeness (QED) is 0.616. The van der Waals surface area contributed by atoms with E-state index in [1.807, 2.05) is 13.8 Å². The van der Waals surface area contributed by atoms with Gasteiger partial charge in [0.2, 0.25) is 0 Å². The first-order valence-corrected chi connectivity index (χ1v) is 6.28. The van der Waals surface area contributed by atoms with Crippen LogP contribution in [0.1, 0.15) is 53.4 Å². The van der Waals surface area contributed by atoms with E-state index in [9.17, 15) is 9.59 Å². The fourth-order valence-corrected chi connectivity index (χ4v) is 1.96. The maximum absolute atomic E-state index is 11.5. The van der Waals surface area contributed by atoms with Crippen LogP contribution in [0.2, 0.25) is 0 Å². The van der Waals surface area contributed by atoms with Gasteiger partial charge in [0, 0.05) is 0 Å². The van der Waals surface area contributed by atoms with Crippen LogP contribution in [0.4, 0.5) is 0 Å². The molecule has 0 aliphatic carbocycles. The van der Waals surface area contributed by atoms with Crippen molar-refractivity contribution in [1.29, 1.82) is 0 Å². The van der Waals surface area contributed by atoms with Crippen molar-refractivity contribution in [2.24, 2.45) is 5.41 Å². The van der Waals surface area contributed by atoms with E-state index in [4.69, 9.17) is 9.47 Å². The maximum atomic E-state index is 11.5. The first kappa shape index (κ1) is 15.9. The molecule has 0 saturated heterocycles. The molecule has 100 valence electrons. The molecule has 0 saturated carbocycles. The molecule has 0 heterocycles. The average Bonchev–Trinajstić information content (AvgIpc) is 2.17. The predicted octanol–water partition coefficient (Wildman–Crippen LogP) is 2.70. The Morgan fingerprint density at radius 2 is 1.35 bits per heavy atom. The van der Waals surface area contributed by atoms with Gasteiger partial charge < -0.3 is 9.47 Å². The lowest BCUT2D eigenvalue weighted by Crippen LogP contribution is -2.26. The molecule has 0 unspecified atom stereocenters. The zero-order valence-corrected chi connectivity index (χ0v) is 11.4. The van der Waals surface area contributed by atoms with Gasteiger partial charge in [-0.25, -0.2) is 0 Å². The summed E-state index contributed by atoms with van der Waals surface area (Å²) >= 11 is 0. The van der Waals surface area contributed by atoms with Crippen LogP contribution in [-0.4, -0.2) is 25.2 Å². The van der Waals surface area contributed by atoms with Gasteiger partial charge in [-0.2, -0.15) is 0 Å². The van der Waals surface area contributed by atoms with Gasteiger partial charge in [0.1, 0.15) is 0 Å². The highest BCUT2D eigenvalue weighted by atomic mass is 16.5. The van der Waals surface area contributed by atoms with Crippen LogP contribution in [0.3, 0.4) is 0 Å². The van der Waals surface area contributed by atoms with Crippen LogP contribution in [0.25, 0.3) is 0 Å². The molecule has 4 nitrogen and oxygen atoms in total. The summed E-state index contributed by atoms with van der Waals surface area (Å²) in [6.07, 6.45) is 2.28. The zero-order chi connectivity index (χ0) is 13.3. The molecule has 0 amide bonds. The lowest BCUT2D eigenvalue weighted by atomic mass is 9.79. The van der Waals surface area contributed by atoms with Gasteiger partial charge >= 0.3 is 11.9 Å². The second-order valence-corrected chi connectivity index (χ2v) is 4.52. The molecule has 0 aliphatic heterocycles. The maximum Gasteiger partial charge on any atom is 0.306 e. The van der Waals surface area contributed by atoms with E-state index in [0.717, 1.165) is 12.8 Å². The smallest absolute Gasteiger partial charge is 0.306 e. The van der Waals surface area contributed by atoms with Crippen LogP contribution in [0.5, 0.6) is 0 Å². The number of hydrogen-bond acceptors (Lipinski definition) is 4. The molecule has 0 N–H and O–H groups in total. The first-order chi connectivity index (χ1) is 7.97. The summed E-state index contributed by atoms with van der Waals surface area (Å²) in [6, 6.07) is 0. The lowest BCUT2D eigenvalue weighted by Gasteiger charge is -2.27. The van der Waals surface area contributed by atoms with Crippen molar-refractivity contribution in [2.45, 2.75) is 53.4 Å². The Morgan fingerprint density at radius 3 is 1.65 bits per heavy atom. The third kappa shape index (κ3) is 6.97. The molecular weight excluding hydrogens is 220 g/mol. The number of ether oxygens (including phenoxy) is 2. The Hall–Kier alpha value is -1.06. The fourth-order valence-electron chi connectivity index (χ4n) is 1.96. The molecule has 0 rings (SSSR count). The van der Waals surface area contributed by atoms with E-state index in [0.29, 0.717) is 13.2 Å². The molecule has 17 heavy (non-hydrogen) atoms. The van der Waals surface area contributed by atoms with Crippen molar-refractivity contribution in [3.8, 4) is 0 Å². The van der Waals surface area contributed by atoms with Crippen molar-refractivity contribution in [2.75, 3.05) is 13.2 Å². The number of carbonyl (C=O) groups is 2. The molecule has 0 radical (unpaired) electrons. The third-order valence-corrected chi connectivity index (χ3v) is 2.61. The third-order valence-electron chi connectivity index (χ3n) is 2.61. The number of esters is 2. The van der Waals surface area contributed by atoms with E-state index in [2.05, 4.69) is 0 Å². The molecule has 0 bridgehead atoms. The molecule has 0 spiro atoms. The van der Waals surface area contributed by atoms with Crippen molar-refractivity contribution in [3.05, 3.63) is 0 Å². The van der Waals surface area contributed by atoms with Gasteiger partial charge in [-0.1, -0.05) is 20.3 Å². The van der Waals surface area contributed by atoms with Gasteiger partial charge in [0.05, 0.1) is 26.1 Å². The van der Waals surface area contributed by atoms with E-state index in [1.165, 1.54) is 0 Å². The second kappa shape index (κ2) is 8.09. The number of rotatable bonds is 8. The standard InChI is InChI=1S/C13H24O4/c1-5-8-13(4,9-11(14)16-6-2)10-12(15)17-7-3/h5-10H2,1-4H3. The van der Waals surface area contributed by atoms with Crippen LogP contribution in [0.15, 0.2) is 0 Å². The molecule has 0 fully saturated rings. The van der Waals surface area contributed by atoms with Gasteiger partial charge in [0.25, 0.3) is 0 Å². The highest BCUT2D eigenvalue weighted by Crippen LogP contribution is 2.32. The minimum absolute atomic E-state index is 0.243. The second-order valence-electron chi connectivity index (χ2n) is 4.52. The minimum atomic E-state index is -0.354. The largest absolute Gasteiger partial charge is 0.466 e. The van der Waals surface area contributed by atoms with E-state index in [-0.39, 0.29) is 30.2 Å². The molecule has 0 aliphatic rings. The molecule has 0 aromatic heterocycles. The first-order valence-electron chi connectivity index (χ1n) is 6.28. The van der Waals surface area contributed by atoms with E-state index in [1.54, 1.807) is 13.8 Å². The highest BCUT2D eigenvalue weighted by molar-refractivity contribution is 5.74. The molecule has 0 aromatic rings. The minimum Gasteiger partial charge on any atom is -0.466 e. The Balaban J connectivity index is 4.43. The van der Waals surface area contributed by atoms with E-state index < -0.39 is 0 Å². The van der Waals surface area contributed by atoms with Gasteiger partial charge in [0.15, 0.2) is 0 Å². The average molecular weight is 244 g/mol. The predicted molar refractivity (Wildman–Crippen MR) is 65.5 cm³/mol. The summed E-state index contributed by atoms with van der Waals surface area (Å²) in [7, 11) is 0. The topological polar surface area (TPSA) is 52.6 Å². The monoisotopic (exact) mass is 244 g/mol. The van der Waals surface area contributed by atoms with Crippen LogP contribution >= 0.6 is 0 Å². The van der Waals surface area contributed by atoms with Crippen molar-refractivity contribution >= 4 is 11.9 Å². The van der Waals surface area contributed by atoms with Gasteiger partial charge in [-0.3, -0.25) is 9.59 Å². The summed E-state index contributed by atoms with van der Waals surface area (Å²) in [5.74, 6) is -0.486. The van der Waals surface area contributed by atoms with E-state index >= 15 is 0 Å². The normalized spacial score (nSPS) is 11.1. The summed E-state index contributed by atoms with van der Waals surface area (Å²) in [5.41, 5.74) is -0.354. The summed E-state index contributed by atoms with van der Waals surface area (Å²) in [5, 5.41) is 0. The van der Waals surface area contributed by atoms with Crippen molar-refractivity contribution in [1.82, 2.24) is 0 Å². The van der Waals surface area contributed by atoms with Crippen molar-refractivity contribution < 1.29 is 19.1 Å². The fraction of sp³-hybridized carbons (Fsp3) is 0.846. The summed E-state index contributed by atoms with van der Waals surface area (Å²) in [6.45, 7) is 8.28. The Morgan fingerprint density at radius 1 is 0.941 bits per heavy atom. The lowest BCUT2D eigenvalue weighted by molar-refractivity contribution is -0.149. The molecule has 0 aromatic carbocycles. The van der Waals surface area contributed by atoms with Gasteiger partial charge in [-0.15, -0.1) is 0 Å².